The van der Waals surface area contributed by atoms with Crippen LogP contribution in [0.1, 0.15) is 175 Å². The molecule has 0 aliphatic heterocycles. The fourth-order valence-electron chi connectivity index (χ4n) is 11.8. The summed E-state index contributed by atoms with van der Waals surface area (Å²) < 4.78 is 12.6. The fourth-order valence-corrected chi connectivity index (χ4v) is 11.8. The molecule has 0 bridgehead atoms. The molecule has 4 aliphatic rings. The van der Waals surface area contributed by atoms with Gasteiger partial charge in [0.1, 0.15) is 17.3 Å². The number of benzene rings is 1. The minimum atomic E-state index is -0.205. The molecule has 5 rings (SSSR count). The number of nitrogens with one attached hydrogen (secondary N) is 2. The number of amides is 2. The molecule has 0 heterocycles. The number of aliphatic hydroxyl groups excluding tert-OH is 1. The maximum atomic E-state index is 12.6. The van der Waals surface area contributed by atoms with Crippen LogP contribution >= 0.6 is 0 Å². The summed E-state index contributed by atoms with van der Waals surface area (Å²) in [7, 11) is 0. The summed E-state index contributed by atoms with van der Waals surface area (Å²) in [5, 5.41) is 17.4. The molecule has 316 valence electrons. The van der Waals surface area contributed by atoms with E-state index in [0.29, 0.717) is 61.4 Å². The van der Waals surface area contributed by atoms with Crippen molar-refractivity contribution in [2.75, 3.05) is 26.3 Å². The number of unbranched alkanes of at least 4 members (excludes halogenated alkanes) is 6. The van der Waals surface area contributed by atoms with Gasteiger partial charge in [-0.25, -0.2) is 0 Å². The van der Waals surface area contributed by atoms with Crippen molar-refractivity contribution in [2.24, 2.45) is 40.4 Å². The molecule has 0 spiro atoms. The van der Waals surface area contributed by atoms with E-state index in [4.69, 9.17) is 9.47 Å². The molecule has 8 nitrogen and oxygen atoms in total. The zero-order valence-corrected chi connectivity index (χ0v) is 35.8. The van der Waals surface area contributed by atoms with Crippen molar-refractivity contribution < 1.29 is 29.0 Å². The van der Waals surface area contributed by atoms with E-state index in [1.807, 2.05) is 6.07 Å². The van der Waals surface area contributed by atoms with Crippen molar-refractivity contribution in [3.63, 3.8) is 0 Å². The first-order valence-electron chi connectivity index (χ1n) is 23.2. The highest BCUT2D eigenvalue weighted by atomic mass is 16.5. The predicted molar refractivity (Wildman–Crippen MR) is 225 cm³/mol. The number of rotatable bonds is 24. The molecule has 8 heteroatoms. The second kappa shape index (κ2) is 22.0. The van der Waals surface area contributed by atoms with Gasteiger partial charge in [0.05, 0.1) is 19.3 Å². The van der Waals surface area contributed by atoms with Crippen molar-refractivity contribution in [3.05, 3.63) is 23.8 Å². The molecule has 4 saturated carbocycles. The molecule has 4 fully saturated rings. The van der Waals surface area contributed by atoms with Crippen LogP contribution in [0, 0.1) is 40.4 Å². The van der Waals surface area contributed by atoms with Crippen molar-refractivity contribution in [2.45, 2.75) is 181 Å². The zero-order valence-electron chi connectivity index (χ0n) is 35.8. The van der Waals surface area contributed by atoms with E-state index in [0.717, 1.165) is 147 Å². The standard InChI is InChI=1S/C48H78N2O6/c1-5-7-11-26-49-44(53)18-9-13-28-55-39-30-35(31-40(33-39)56-29-14-10-19-45(54)50-27-12-8-6-2)16-15-17-36-34-48(4)42(22-23-43(48)52)41-21-20-37-32-38(51)24-25-47(37,3)46(36)41/h30-31,33,36-37,41-43,46,52H,5-29,32,34H2,1-4H3,(H,49,53)(H,50,54)/t36?,37?,41-,42-,43?,46+,47-,48-/m0/s1. The average molecular weight is 779 g/mol. The Morgan fingerprint density at radius 3 is 2.00 bits per heavy atom. The molecule has 56 heavy (non-hydrogen) atoms. The lowest BCUT2D eigenvalue weighted by Crippen LogP contribution is -2.57. The minimum absolute atomic E-state index is 0.000260. The quantitative estimate of drug-likeness (QED) is 0.0901. The number of fused-ring (bicyclic) bond motifs is 5. The number of hydrogen-bond donors (Lipinski definition) is 3. The van der Waals surface area contributed by atoms with E-state index in [1.165, 1.54) is 18.4 Å². The summed E-state index contributed by atoms with van der Waals surface area (Å²) in [6.07, 6.45) is 21.9. The predicted octanol–water partition coefficient (Wildman–Crippen LogP) is 9.92. The van der Waals surface area contributed by atoms with Gasteiger partial charge in [0, 0.05) is 44.8 Å². The van der Waals surface area contributed by atoms with Gasteiger partial charge in [0.2, 0.25) is 11.8 Å². The van der Waals surface area contributed by atoms with Crippen LogP contribution in [0.2, 0.25) is 0 Å². The third-order valence-electron chi connectivity index (χ3n) is 14.8. The Kier molecular flexibility index (Phi) is 17.4. The van der Waals surface area contributed by atoms with Gasteiger partial charge in [-0.15, -0.1) is 0 Å². The van der Waals surface area contributed by atoms with Crippen LogP contribution in [0.4, 0.5) is 0 Å². The molecule has 4 aliphatic carbocycles. The molecule has 0 aromatic heterocycles. The highest BCUT2D eigenvalue weighted by molar-refractivity contribution is 5.79. The number of aryl methyl sites for hydroxylation is 1. The second-order valence-electron chi connectivity index (χ2n) is 18.8. The molecule has 0 radical (unpaired) electrons. The summed E-state index contributed by atoms with van der Waals surface area (Å²) >= 11 is 0. The van der Waals surface area contributed by atoms with Gasteiger partial charge in [-0.2, -0.15) is 0 Å². The maximum Gasteiger partial charge on any atom is 0.219 e. The first-order chi connectivity index (χ1) is 27.1. The van der Waals surface area contributed by atoms with Crippen LogP contribution in [-0.4, -0.2) is 55.1 Å². The summed E-state index contributed by atoms with van der Waals surface area (Å²) in [5.74, 6) is 5.28. The van der Waals surface area contributed by atoms with Gasteiger partial charge < -0.3 is 25.2 Å². The van der Waals surface area contributed by atoms with E-state index in [-0.39, 0.29) is 28.7 Å². The van der Waals surface area contributed by atoms with Crippen LogP contribution in [0.5, 0.6) is 11.5 Å². The van der Waals surface area contributed by atoms with Crippen molar-refractivity contribution in [1.29, 1.82) is 0 Å². The number of aliphatic hydroxyl groups is 1. The van der Waals surface area contributed by atoms with E-state index in [2.05, 4.69) is 50.5 Å². The third kappa shape index (κ3) is 12.0. The van der Waals surface area contributed by atoms with E-state index in [9.17, 15) is 19.5 Å². The van der Waals surface area contributed by atoms with Crippen molar-refractivity contribution >= 4 is 17.6 Å². The van der Waals surface area contributed by atoms with E-state index < -0.39 is 0 Å². The number of ketones is 1. The lowest BCUT2D eigenvalue weighted by Gasteiger charge is -2.62. The van der Waals surface area contributed by atoms with Gasteiger partial charge in [-0.3, -0.25) is 14.4 Å². The molecule has 3 N–H and O–H groups in total. The molecule has 2 amide bonds. The molecule has 8 atom stereocenters. The first-order valence-corrected chi connectivity index (χ1v) is 23.2. The lowest BCUT2D eigenvalue weighted by atomic mass is 9.42. The minimum Gasteiger partial charge on any atom is -0.493 e. The summed E-state index contributed by atoms with van der Waals surface area (Å²) in [5.41, 5.74) is 1.43. The second-order valence-corrected chi connectivity index (χ2v) is 18.8. The highest BCUT2D eigenvalue weighted by Crippen LogP contribution is 2.68. The first kappa shape index (κ1) is 44.5. The number of ether oxygens (including phenoxy) is 2. The van der Waals surface area contributed by atoms with E-state index >= 15 is 0 Å². The van der Waals surface area contributed by atoms with Gasteiger partial charge in [0.25, 0.3) is 0 Å². The van der Waals surface area contributed by atoms with Crippen molar-refractivity contribution in [1.82, 2.24) is 10.6 Å². The molecular formula is C48H78N2O6. The monoisotopic (exact) mass is 779 g/mol. The molecule has 1 aromatic carbocycles. The third-order valence-corrected chi connectivity index (χ3v) is 14.8. The van der Waals surface area contributed by atoms with Crippen LogP contribution in [0.25, 0.3) is 0 Å². The number of carbonyl (C=O) groups excluding carboxylic acids is 3. The summed E-state index contributed by atoms with van der Waals surface area (Å²) in [6.45, 7) is 11.9. The number of hydrogen-bond acceptors (Lipinski definition) is 6. The Bertz CT molecular complexity index is 1350. The molecule has 3 unspecified atom stereocenters. The normalized spacial score (nSPS) is 29.6. The lowest BCUT2D eigenvalue weighted by molar-refractivity contribution is -0.159. The largest absolute Gasteiger partial charge is 0.493 e. The van der Waals surface area contributed by atoms with Gasteiger partial charge in [0.15, 0.2) is 0 Å². The number of Topliss-reactive ketones (excluding diaryl/α,β-unsaturated/α-hetero) is 1. The smallest absolute Gasteiger partial charge is 0.219 e. The average Bonchev–Trinajstić information content (AvgIpc) is 3.48. The van der Waals surface area contributed by atoms with Crippen LogP contribution in [0.15, 0.2) is 18.2 Å². The van der Waals surface area contributed by atoms with Gasteiger partial charge in [-0.05, 0) is 154 Å². The zero-order chi connectivity index (χ0) is 40.0. The topological polar surface area (TPSA) is 114 Å². The van der Waals surface area contributed by atoms with Crippen molar-refractivity contribution in [3.8, 4) is 11.5 Å². The molecule has 1 aromatic rings. The molecular weight excluding hydrogens is 701 g/mol. The van der Waals surface area contributed by atoms with Crippen LogP contribution in [-0.2, 0) is 20.8 Å². The summed E-state index contributed by atoms with van der Waals surface area (Å²) in [6, 6.07) is 6.33. The Morgan fingerprint density at radius 1 is 0.768 bits per heavy atom. The Morgan fingerprint density at radius 2 is 1.39 bits per heavy atom. The highest BCUT2D eigenvalue weighted by Gasteiger charge is 2.62. The maximum absolute atomic E-state index is 12.6. The Labute approximate surface area is 339 Å². The fraction of sp³-hybridized carbons (Fsp3) is 0.812. The molecule has 0 saturated heterocycles. The van der Waals surface area contributed by atoms with Crippen LogP contribution < -0.4 is 20.1 Å². The van der Waals surface area contributed by atoms with E-state index in [1.54, 1.807) is 0 Å². The van der Waals surface area contributed by atoms with Gasteiger partial charge >= 0.3 is 0 Å². The van der Waals surface area contributed by atoms with Crippen LogP contribution in [0.3, 0.4) is 0 Å². The summed E-state index contributed by atoms with van der Waals surface area (Å²) in [4.78, 5) is 37.1. The number of carbonyl (C=O) groups is 3. The Hall–Kier alpha value is -2.61. The SMILES string of the molecule is CCCCCNC(=O)CCCCOc1cc(CCCC2C[C@]3(C)C(O)CC[C@H]3[C@@H]3CCC4CC(=O)CC[C@]4(C)[C@H]23)cc(OCCCCC(=O)NCCCCC)c1. The Balaban J connectivity index is 1.19. The van der Waals surface area contributed by atoms with Gasteiger partial charge in [-0.1, -0.05) is 53.4 Å².